The van der Waals surface area contributed by atoms with E-state index in [9.17, 15) is 8.42 Å². The molecule has 1 aromatic carbocycles. The number of sulfone groups is 1. The number of benzene rings is 1. The van der Waals surface area contributed by atoms with Crippen molar-refractivity contribution in [1.82, 2.24) is 9.97 Å². The fraction of sp³-hybridized carbons (Fsp3) is 0.412. The number of hydrogen-bond donors (Lipinski definition) is 0. The van der Waals surface area contributed by atoms with Crippen LogP contribution in [0, 0.1) is 0 Å². The molecule has 2 heterocycles. The molecule has 1 aromatic heterocycles. The summed E-state index contributed by atoms with van der Waals surface area (Å²) in [7, 11) is -3.54. The van der Waals surface area contributed by atoms with Crippen LogP contribution in [0.3, 0.4) is 0 Å². The molecule has 1 unspecified atom stereocenters. The summed E-state index contributed by atoms with van der Waals surface area (Å²) in [6, 6.07) is 9.90. The average molecular weight is 366 g/mol. The van der Waals surface area contributed by atoms with Crippen molar-refractivity contribution >= 4 is 27.3 Å². The van der Waals surface area contributed by atoms with Crippen molar-refractivity contribution in [3.63, 3.8) is 0 Å². The molecule has 0 aliphatic carbocycles. The van der Waals surface area contributed by atoms with E-state index in [0.717, 1.165) is 37.6 Å². The van der Waals surface area contributed by atoms with Gasteiger partial charge in [0.05, 0.1) is 5.56 Å². The third-order valence-corrected chi connectivity index (χ3v) is 5.41. The average Bonchev–Trinajstić information content (AvgIpc) is 2.54. The molecule has 1 aliphatic rings. The second-order valence-electron chi connectivity index (χ2n) is 6.17. The molecule has 1 aliphatic heterocycles. The Labute approximate surface area is 147 Å². The number of aromatic nitrogens is 2. The zero-order chi connectivity index (χ0) is 17.3. The van der Waals surface area contributed by atoms with E-state index in [1.807, 2.05) is 30.3 Å². The summed E-state index contributed by atoms with van der Waals surface area (Å²) in [5, 5.41) is -0.0515. The van der Waals surface area contributed by atoms with Crippen molar-refractivity contribution in [1.29, 1.82) is 0 Å². The van der Waals surface area contributed by atoms with E-state index in [1.54, 1.807) is 0 Å². The van der Waals surface area contributed by atoms with Gasteiger partial charge in [-0.25, -0.2) is 18.4 Å². The van der Waals surface area contributed by atoms with Crippen molar-refractivity contribution < 1.29 is 8.42 Å². The highest BCUT2D eigenvalue weighted by Crippen LogP contribution is 2.37. The third-order valence-electron chi connectivity index (χ3n) is 4.29. The lowest BCUT2D eigenvalue weighted by Crippen LogP contribution is -2.38. The summed E-state index contributed by atoms with van der Waals surface area (Å²) in [6.07, 6.45) is 4.36. The predicted molar refractivity (Wildman–Crippen MR) is 96.2 cm³/mol. The quantitative estimate of drug-likeness (QED) is 0.614. The van der Waals surface area contributed by atoms with E-state index in [-0.39, 0.29) is 16.4 Å². The molecule has 128 valence electrons. The first kappa shape index (κ1) is 17.2. The third kappa shape index (κ3) is 3.39. The Bertz CT molecular complexity index is 840. The van der Waals surface area contributed by atoms with E-state index in [0.29, 0.717) is 11.4 Å². The number of rotatable bonds is 3. The molecule has 1 fully saturated rings. The molecule has 7 heteroatoms. The van der Waals surface area contributed by atoms with Crippen LogP contribution < -0.4 is 4.90 Å². The molecule has 0 radical (unpaired) electrons. The summed E-state index contributed by atoms with van der Waals surface area (Å²) in [6.45, 7) is 2.96. The largest absolute Gasteiger partial charge is 0.353 e. The second kappa shape index (κ2) is 6.69. The molecule has 0 N–H and O–H groups in total. The maximum Gasteiger partial charge on any atom is 0.250 e. The van der Waals surface area contributed by atoms with Crippen molar-refractivity contribution in [2.75, 3.05) is 17.7 Å². The van der Waals surface area contributed by atoms with Gasteiger partial charge in [-0.3, -0.25) is 0 Å². The van der Waals surface area contributed by atoms with Gasteiger partial charge in [-0.1, -0.05) is 41.9 Å². The molecule has 2 aromatic rings. The minimum absolute atomic E-state index is 0.171. The van der Waals surface area contributed by atoms with Crippen LogP contribution in [0.5, 0.6) is 0 Å². The Morgan fingerprint density at radius 1 is 1.17 bits per heavy atom. The first-order valence-electron chi connectivity index (χ1n) is 7.97. The fourth-order valence-corrected chi connectivity index (χ4v) is 3.88. The zero-order valence-corrected chi connectivity index (χ0v) is 15.3. The smallest absolute Gasteiger partial charge is 0.250 e. The van der Waals surface area contributed by atoms with Gasteiger partial charge in [-0.05, 0) is 31.7 Å². The van der Waals surface area contributed by atoms with E-state index < -0.39 is 9.84 Å². The molecule has 0 amide bonds. The fourth-order valence-electron chi connectivity index (χ4n) is 3.04. The van der Waals surface area contributed by atoms with Gasteiger partial charge in [-0.2, -0.15) is 0 Å². The minimum atomic E-state index is -3.54. The molecule has 3 rings (SSSR count). The van der Waals surface area contributed by atoms with Crippen LogP contribution in [-0.4, -0.2) is 37.2 Å². The van der Waals surface area contributed by atoms with E-state index in [1.165, 1.54) is 0 Å². The molecule has 5 nitrogen and oxygen atoms in total. The molecular weight excluding hydrogens is 346 g/mol. The van der Waals surface area contributed by atoms with Crippen LogP contribution in [0.2, 0.25) is 5.15 Å². The number of anilines is 1. The Morgan fingerprint density at radius 2 is 1.88 bits per heavy atom. The van der Waals surface area contributed by atoms with E-state index in [4.69, 9.17) is 11.6 Å². The van der Waals surface area contributed by atoms with Crippen molar-refractivity contribution in [2.24, 2.45) is 0 Å². The normalized spacial score (nSPS) is 18.6. The van der Waals surface area contributed by atoms with Gasteiger partial charge in [0.15, 0.2) is 0 Å². The number of hydrogen-bond acceptors (Lipinski definition) is 5. The van der Waals surface area contributed by atoms with Crippen LogP contribution in [0.4, 0.5) is 5.82 Å². The molecule has 0 saturated carbocycles. The minimum Gasteiger partial charge on any atom is -0.353 e. The second-order valence-corrected chi connectivity index (χ2v) is 8.44. The first-order valence-corrected chi connectivity index (χ1v) is 10.2. The Balaban J connectivity index is 2.24. The standard InChI is InChI=1S/C17H20ClN3O2S/c1-12-8-6-7-11-21(12)16-14(13-9-4-3-5-10-13)15(18)19-17(20-16)24(2,22)23/h3-5,9-10,12H,6-8,11H2,1-2H3. The number of nitrogens with zero attached hydrogens (tertiary/aromatic N) is 3. The maximum atomic E-state index is 11.9. The van der Waals surface area contributed by atoms with E-state index in [2.05, 4.69) is 21.8 Å². The zero-order valence-electron chi connectivity index (χ0n) is 13.7. The molecule has 1 atom stereocenters. The highest BCUT2D eigenvalue weighted by atomic mass is 35.5. The number of halogens is 1. The van der Waals surface area contributed by atoms with Gasteiger partial charge >= 0.3 is 0 Å². The van der Waals surface area contributed by atoms with Gasteiger partial charge < -0.3 is 4.90 Å². The van der Waals surface area contributed by atoms with Gasteiger partial charge in [0, 0.05) is 18.8 Å². The van der Waals surface area contributed by atoms with Crippen LogP contribution >= 0.6 is 11.6 Å². The molecule has 0 bridgehead atoms. The van der Waals surface area contributed by atoms with Crippen LogP contribution in [0.15, 0.2) is 35.5 Å². The summed E-state index contributed by atoms with van der Waals surface area (Å²) in [5.74, 6) is 0.605. The lowest BCUT2D eigenvalue weighted by Gasteiger charge is -2.35. The van der Waals surface area contributed by atoms with Gasteiger partial charge in [0.25, 0.3) is 0 Å². The first-order chi connectivity index (χ1) is 11.4. The highest BCUT2D eigenvalue weighted by Gasteiger charge is 2.27. The van der Waals surface area contributed by atoms with Crippen LogP contribution in [0.1, 0.15) is 26.2 Å². The predicted octanol–water partition coefficient (Wildman–Crippen LogP) is 3.58. The van der Waals surface area contributed by atoms with Gasteiger partial charge in [0.2, 0.25) is 15.0 Å². The van der Waals surface area contributed by atoms with Gasteiger partial charge in [-0.15, -0.1) is 0 Å². The number of piperidine rings is 1. The summed E-state index contributed by atoms with van der Waals surface area (Å²) >= 11 is 6.40. The van der Waals surface area contributed by atoms with Crippen molar-refractivity contribution in [2.45, 2.75) is 37.4 Å². The molecule has 1 saturated heterocycles. The lowest BCUT2D eigenvalue weighted by atomic mass is 10.0. The Hall–Kier alpha value is -1.66. The lowest BCUT2D eigenvalue weighted by molar-refractivity contribution is 0.479. The SMILES string of the molecule is CC1CCCCN1c1nc(S(C)(=O)=O)nc(Cl)c1-c1ccccc1. The summed E-state index contributed by atoms with van der Waals surface area (Å²) < 4.78 is 23.9. The van der Waals surface area contributed by atoms with Gasteiger partial charge in [0.1, 0.15) is 11.0 Å². The van der Waals surface area contributed by atoms with Crippen LogP contribution in [0.25, 0.3) is 11.1 Å². The maximum absolute atomic E-state index is 11.9. The summed E-state index contributed by atoms with van der Waals surface area (Å²) in [4.78, 5) is 10.6. The Kier molecular flexibility index (Phi) is 4.78. The molecule has 24 heavy (non-hydrogen) atoms. The monoisotopic (exact) mass is 365 g/mol. The Morgan fingerprint density at radius 3 is 2.50 bits per heavy atom. The molecule has 0 spiro atoms. The topological polar surface area (TPSA) is 63.2 Å². The highest BCUT2D eigenvalue weighted by molar-refractivity contribution is 7.90. The summed E-state index contributed by atoms with van der Waals surface area (Å²) in [5.41, 5.74) is 1.58. The van der Waals surface area contributed by atoms with Crippen molar-refractivity contribution in [3.05, 3.63) is 35.5 Å². The van der Waals surface area contributed by atoms with E-state index >= 15 is 0 Å². The van der Waals surface area contributed by atoms with Crippen molar-refractivity contribution in [3.8, 4) is 11.1 Å². The van der Waals surface area contributed by atoms with Crippen LogP contribution in [-0.2, 0) is 9.84 Å². The molecular formula is C17H20ClN3O2S.